The maximum absolute atomic E-state index is 5.87. The van der Waals surface area contributed by atoms with Crippen LogP contribution in [-0.2, 0) is 0 Å². The van der Waals surface area contributed by atoms with Crippen LogP contribution in [0.25, 0.3) is 0 Å². The fourth-order valence-electron chi connectivity index (χ4n) is 1.31. The Morgan fingerprint density at radius 2 is 1.74 bits per heavy atom. The van der Waals surface area contributed by atoms with Crippen LogP contribution in [0.15, 0.2) is 18.2 Å². The van der Waals surface area contributed by atoms with E-state index in [0.29, 0.717) is 28.3 Å². The van der Waals surface area contributed by atoms with Crippen molar-refractivity contribution in [2.24, 2.45) is 0 Å². The van der Waals surface area contributed by atoms with Crippen molar-refractivity contribution in [1.29, 1.82) is 0 Å². The summed E-state index contributed by atoms with van der Waals surface area (Å²) in [5, 5.41) is 3.86. The summed E-state index contributed by atoms with van der Waals surface area (Å²) in [6.07, 6.45) is 0. The molecular weight excluding hydrogens is 311 g/mol. The Bertz CT molecular complexity index is 574. The number of hydrogen-bond acceptors (Lipinski definition) is 5. The van der Waals surface area contributed by atoms with E-state index >= 15 is 0 Å². The molecule has 0 spiro atoms. The molecule has 0 fully saturated rings. The minimum absolute atomic E-state index is 0.0362. The second kappa shape index (κ2) is 6.23. The summed E-state index contributed by atoms with van der Waals surface area (Å²) in [7, 11) is 0. The zero-order valence-corrected chi connectivity index (χ0v) is 12.1. The number of benzene rings is 1. The van der Waals surface area contributed by atoms with Crippen molar-refractivity contribution >= 4 is 40.8 Å². The molecular formula is C11H9Cl3N4O. The van der Waals surface area contributed by atoms with Crippen LogP contribution in [0.2, 0.25) is 15.3 Å². The lowest BCUT2D eigenvalue weighted by molar-refractivity contribution is 0.440. The monoisotopic (exact) mass is 318 g/mol. The van der Waals surface area contributed by atoms with Gasteiger partial charge in [-0.3, -0.25) is 0 Å². The number of anilines is 1. The maximum atomic E-state index is 5.87. The number of hydrogen-bond donors (Lipinski definition) is 1. The summed E-state index contributed by atoms with van der Waals surface area (Å²) in [5.74, 6) is 0.757. The van der Waals surface area contributed by atoms with Gasteiger partial charge in [-0.1, -0.05) is 23.2 Å². The van der Waals surface area contributed by atoms with Gasteiger partial charge in [-0.25, -0.2) is 0 Å². The quantitative estimate of drug-likeness (QED) is 0.921. The Kier molecular flexibility index (Phi) is 4.63. The Balaban J connectivity index is 2.27. The summed E-state index contributed by atoms with van der Waals surface area (Å²) >= 11 is 17.5. The van der Waals surface area contributed by atoms with Crippen LogP contribution in [0.5, 0.6) is 11.8 Å². The lowest BCUT2D eigenvalue weighted by Crippen LogP contribution is -2.04. The van der Waals surface area contributed by atoms with Crippen molar-refractivity contribution in [3.05, 3.63) is 33.5 Å². The molecule has 0 atom stereocenters. The first-order chi connectivity index (χ1) is 9.06. The van der Waals surface area contributed by atoms with Gasteiger partial charge in [0.15, 0.2) is 0 Å². The van der Waals surface area contributed by atoms with Crippen molar-refractivity contribution in [1.82, 2.24) is 15.0 Å². The van der Waals surface area contributed by atoms with Crippen LogP contribution in [0.4, 0.5) is 5.95 Å². The van der Waals surface area contributed by atoms with Crippen LogP contribution < -0.4 is 10.1 Å². The fourth-order valence-corrected chi connectivity index (χ4v) is 1.97. The highest BCUT2D eigenvalue weighted by Gasteiger charge is 2.08. The average molecular weight is 320 g/mol. The Morgan fingerprint density at radius 1 is 1.05 bits per heavy atom. The minimum Gasteiger partial charge on any atom is -0.424 e. The van der Waals surface area contributed by atoms with Crippen molar-refractivity contribution in [3.63, 3.8) is 0 Å². The highest BCUT2D eigenvalue weighted by Crippen LogP contribution is 2.27. The Labute approximate surface area is 124 Å². The topological polar surface area (TPSA) is 59.9 Å². The van der Waals surface area contributed by atoms with E-state index in [-0.39, 0.29) is 11.3 Å². The van der Waals surface area contributed by atoms with E-state index in [4.69, 9.17) is 39.5 Å². The van der Waals surface area contributed by atoms with Gasteiger partial charge < -0.3 is 10.1 Å². The van der Waals surface area contributed by atoms with Crippen LogP contribution in [-0.4, -0.2) is 21.5 Å². The smallest absolute Gasteiger partial charge is 0.328 e. The summed E-state index contributed by atoms with van der Waals surface area (Å²) in [6, 6.07) is 4.85. The van der Waals surface area contributed by atoms with Crippen LogP contribution in [0, 0.1) is 0 Å². The van der Waals surface area contributed by atoms with Crippen LogP contribution in [0.3, 0.4) is 0 Å². The van der Waals surface area contributed by atoms with Crippen LogP contribution >= 0.6 is 34.8 Å². The first-order valence-electron chi connectivity index (χ1n) is 5.36. The predicted molar refractivity (Wildman–Crippen MR) is 75.5 cm³/mol. The molecule has 0 aliphatic carbocycles. The molecule has 1 aromatic heterocycles. The molecule has 1 heterocycles. The van der Waals surface area contributed by atoms with Crippen LogP contribution in [0.1, 0.15) is 6.92 Å². The summed E-state index contributed by atoms with van der Waals surface area (Å²) in [4.78, 5) is 11.8. The molecule has 2 aromatic rings. The van der Waals surface area contributed by atoms with Gasteiger partial charge in [-0.2, -0.15) is 15.0 Å². The van der Waals surface area contributed by atoms with E-state index in [9.17, 15) is 0 Å². The third-order valence-electron chi connectivity index (χ3n) is 1.97. The molecule has 0 bridgehead atoms. The maximum Gasteiger partial charge on any atom is 0.328 e. The van der Waals surface area contributed by atoms with E-state index in [1.807, 2.05) is 6.92 Å². The fraction of sp³-hybridized carbons (Fsp3) is 0.182. The standard InChI is InChI=1S/C11H9Cl3N4O/c1-2-15-10-16-9(14)17-11(18-10)19-8-4-6(12)3-7(13)5-8/h3-5H,2H2,1H3,(H,15,16,17,18). The van der Waals surface area contributed by atoms with E-state index in [1.165, 1.54) is 0 Å². The van der Waals surface area contributed by atoms with Crippen molar-refractivity contribution < 1.29 is 4.74 Å². The SMILES string of the molecule is CCNc1nc(Cl)nc(Oc2cc(Cl)cc(Cl)c2)n1. The summed E-state index contributed by atoms with van der Waals surface area (Å²) in [6.45, 7) is 2.57. The van der Waals surface area contributed by atoms with Crippen molar-refractivity contribution in [2.75, 3.05) is 11.9 Å². The molecule has 0 saturated carbocycles. The van der Waals surface area contributed by atoms with Gasteiger partial charge in [0.1, 0.15) is 5.75 Å². The lowest BCUT2D eigenvalue weighted by atomic mass is 10.3. The number of aromatic nitrogens is 3. The van der Waals surface area contributed by atoms with Gasteiger partial charge in [0.2, 0.25) is 11.2 Å². The molecule has 0 radical (unpaired) electrons. The van der Waals surface area contributed by atoms with E-state index < -0.39 is 0 Å². The van der Waals surface area contributed by atoms with Gasteiger partial charge in [-0.15, -0.1) is 0 Å². The number of nitrogens with zero attached hydrogens (tertiary/aromatic N) is 3. The first kappa shape index (κ1) is 14.1. The molecule has 0 unspecified atom stereocenters. The van der Waals surface area contributed by atoms with Gasteiger partial charge in [-0.05, 0) is 36.7 Å². The molecule has 0 saturated heterocycles. The van der Waals surface area contributed by atoms with E-state index in [2.05, 4.69) is 20.3 Å². The van der Waals surface area contributed by atoms with Gasteiger partial charge >= 0.3 is 6.01 Å². The van der Waals surface area contributed by atoms with E-state index in [1.54, 1.807) is 18.2 Å². The lowest BCUT2D eigenvalue weighted by Gasteiger charge is -2.07. The highest BCUT2D eigenvalue weighted by molar-refractivity contribution is 6.34. The molecule has 100 valence electrons. The van der Waals surface area contributed by atoms with Gasteiger partial charge in [0.05, 0.1) is 0 Å². The normalized spacial score (nSPS) is 10.3. The van der Waals surface area contributed by atoms with Crippen molar-refractivity contribution in [3.8, 4) is 11.8 Å². The third-order valence-corrected chi connectivity index (χ3v) is 2.57. The summed E-state index contributed by atoms with van der Waals surface area (Å²) in [5.41, 5.74) is 0. The molecule has 2 rings (SSSR count). The van der Waals surface area contributed by atoms with Gasteiger partial charge in [0, 0.05) is 16.6 Å². The van der Waals surface area contributed by atoms with Crippen molar-refractivity contribution in [2.45, 2.75) is 6.92 Å². The molecule has 0 amide bonds. The third kappa shape index (κ3) is 4.09. The average Bonchev–Trinajstić information content (AvgIpc) is 2.26. The molecule has 8 heteroatoms. The largest absolute Gasteiger partial charge is 0.424 e. The Hall–Kier alpha value is -1.30. The number of rotatable bonds is 4. The molecule has 1 N–H and O–H groups in total. The second-order valence-corrected chi connectivity index (χ2v) is 4.66. The predicted octanol–water partition coefficient (Wildman–Crippen LogP) is 4.06. The zero-order chi connectivity index (χ0) is 13.8. The molecule has 0 aliphatic rings. The van der Waals surface area contributed by atoms with E-state index in [0.717, 1.165) is 0 Å². The number of ether oxygens (including phenoxy) is 1. The first-order valence-corrected chi connectivity index (χ1v) is 6.49. The zero-order valence-electron chi connectivity index (χ0n) is 9.82. The highest BCUT2D eigenvalue weighted by atomic mass is 35.5. The second-order valence-electron chi connectivity index (χ2n) is 3.45. The molecule has 5 nitrogen and oxygen atoms in total. The molecule has 0 aliphatic heterocycles. The number of nitrogens with one attached hydrogen (secondary N) is 1. The summed E-state index contributed by atoms with van der Waals surface area (Å²) < 4.78 is 5.45. The number of halogens is 3. The minimum atomic E-state index is 0.0362. The molecule has 19 heavy (non-hydrogen) atoms. The Morgan fingerprint density at radius 3 is 2.37 bits per heavy atom. The van der Waals surface area contributed by atoms with Gasteiger partial charge in [0.25, 0.3) is 0 Å². The molecule has 1 aromatic carbocycles.